The lowest BCUT2D eigenvalue weighted by Crippen LogP contribution is -2.51. The topological polar surface area (TPSA) is 75.8 Å². The lowest BCUT2D eigenvalue weighted by molar-refractivity contribution is -0.135. The SMILES string of the molecule is N[C@H]1c2ccccc2C2(CCN(C(=O)COc3ccc(F)cc3)CC2)[C@@H]1O. The van der Waals surface area contributed by atoms with Crippen molar-refractivity contribution in [3.63, 3.8) is 0 Å². The molecule has 0 bridgehead atoms. The minimum absolute atomic E-state index is 0.0860. The molecule has 0 aromatic heterocycles. The number of aliphatic hydroxyl groups excluding tert-OH is 1. The van der Waals surface area contributed by atoms with Gasteiger partial charge in [-0.3, -0.25) is 4.79 Å². The number of nitrogens with zero attached hydrogens (tertiary/aromatic N) is 1. The van der Waals surface area contributed by atoms with Crippen LogP contribution in [0.25, 0.3) is 0 Å². The summed E-state index contributed by atoms with van der Waals surface area (Å²) in [5.74, 6) is 0.00667. The summed E-state index contributed by atoms with van der Waals surface area (Å²) >= 11 is 0. The van der Waals surface area contributed by atoms with E-state index in [4.69, 9.17) is 10.5 Å². The molecule has 1 heterocycles. The van der Waals surface area contributed by atoms with Gasteiger partial charge in [-0.25, -0.2) is 4.39 Å². The van der Waals surface area contributed by atoms with Crippen LogP contribution in [0.4, 0.5) is 4.39 Å². The standard InChI is InChI=1S/C21H23FN2O3/c22-14-5-7-15(8-6-14)27-13-18(25)24-11-9-21(10-12-24)17-4-2-1-3-16(17)19(23)20(21)26/h1-8,19-20,26H,9-13,23H2/t19-,20+/m0/s1. The van der Waals surface area contributed by atoms with Crippen LogP contribution in [0, 0.1) is 5.82 Å². The number of halogens is 1. The van der Waals surface area contributed by atoms with Crippen molar-refractivity contribution in [1.29, 1.82) is 0 Å². The Morgan fingerprint density at radius 2 is 1.85 bits per heavy atom. The van der Waals surface area contributed by atoms with Gasteiger partial charge in [0, 0.05) is 18.5 Å². The summed E-state index contributed by atoms with van der Waals surface area (Å²) in [6, 6.07) is 13.1. The van der Waals surface area contributed by atoms with Gasteiger partial charge in [-0.1, -0.05) is 24.3 Å². The molecule has 1 spiro atoms. The number of likely N-dealkylation sites (tertiary alicyclic amines) is 1. The number of hydrogen-bond acceptors (Lipinski definition) is 4. The first kappa shape index (κ1) is 17.9. The number of piperidine rings is 1. The van der Waals surface area contributed by atoms with Gasteiger partial charge < -0.3 is 20.5 Å². The molecule has 4 rings (SSSR count). The highest BCUT2D eigenvalue weighted by atomic mass is 19.1. The molecular weight excluding hydrogens is 347 g/mol. The van der Waals surface area contributed by atoms with E-state index >= 15 is 0 Å². The average molecular weight is 370 g/mol. The second-order valence-corrected chi connectivity index (χ2v) is 7.34. The molecule has 1 aliphatic heterocycles. The van der Waals surface area contributed by atoms with Crippen LogP contribution in [-0.4, -0.2) is 41.7 Å². The van der Waals surface area contributed by atoms with Crippen molar-refractivity contribution >= 4 is 5.91 Å². The average Bonchev–Trinajstić information content (AvgIpc) is 2.90. The Kier molecular flexibility index (Phi) is 4.61. The van der Waals surface area contributed by atoms with Crippen LogP contribution < -0.4 is 10.5 Å². The van der Waals surface area contributed by atoms with Gasteiger partial charge in [0.1, 0.15) is 11.6 Å². The van der Waals surface area contributed by atoms with Gasteiger partial charge in [0.05, 0.1) is 12.1 Å². The number of carbonyl (C=O) groups is 1. The van der Waals surface area contributed by atoms with Gasteiger partial charge in [0.15, 0.2) is 6.61 Å². The maximum absolute atomic E-state index is 12.9. The number of aliphatic hydroxyl groups is 1. The smallest absolute Gasteiger partial charge is 0.260 e. The van der Waals surface area contributed by atoms with Gasteiger partial charge >= 0.3 is 0 Å². The number of hydrogen-bond donors (Lipinski definition) is 2. The minimum Gasteiger partial charge on any atom is -0.484 e. The summed E-state index contributed by atoms with van der Waals surface area (Å²) in [6.45, 7) is 1.00. The molecule has 2 aromatic carbocycles. The van der Waals surface area contributed by atoms with Crippen molar-refractivity contribution in [2.24, 2.45) is 5.73 Å². The highest BCUT2D eigenvalue weighted by Gasteiger charge is 2.51. The van der Waals surface area contributed by atoms with Crippen molar-refractivity contribution in [3.8, 4) is 5.75 Å². The molecular formula is C21H23FN2O3. The fourth-order valence-electron chi connectivity index (χ4n) is 4.40. The number of ether oxygens (including phenoxy) is 1. The summed E-state index contributed by atoms with van der Waals surface area (Å²) < 4.78 is 18.4. The maximum atomic E-state index is 12.9. The molecule has 1 amide bonds. The highest BCUT2D eigenvalue weighted by molar-refractivity contribution is 5.78. The zero-order chi connectivity index (χ0) is 19.0. The number of fused-ring (bicyclic) bond motifs is 2. The van der Waals surface area contributed by atoms with Crippen molar-refractivity contribution in [2.45, 2.75) is 30.4 Å². The molecule has 2 atom stereocenters. The molecule has 6 heteroatoms. The van der Waals surface area contributed by atoms with E-state index in [0.29, 0.717) is 31.7 Å². The van der Waals surface area contributed by atoms with Gasteiger partial charge in [0.25, 0.3) is 5.91 Å². The largest absolute Gasteiger partial charge is 0.484 e. The monoisotopic (exact) mass is 370 g/mol. The molecule has 0 saturated carbocycles. The van der Waals surface area contributed by atoms with Gasteiger partial charge in [0.2, 0.25) is 0 Å². The van der Waals surface area contributed by atoms with E-state index in [9.17, 15) is 14.3 Å². The Bertz CT molecular complexity index is 832. The van der Waals surface area contributed by atoms with Crippen molar-refractivity contribution in [3.05, 3.63) is 65.5 Å². The van der Waals surface area contributed by atoms with Crippen LogP contribution in [0.5, 0.6) is 5.75 Å². The van der Waals surface area contributed by atoms with Crippen LogP contribution >= 0.6 is 0 Å². The van der Waals surface area contributed by atoms with E-state index in [1.165, 1.54) is 24.3 Å². The Hall–Kier alpha value is -2.44. The molecule has 27 heavy (non-hydrogen) atoms. The Balaban J connectivity index is 1.40. The summed E-state index contributed by atoms with van der Waals surface area (Å²) in [5.41, 5.74) is 7.97. The number of nitrogens with two attached hydrogens (primary N) is 1. The fraction of sp³-hybridized carbons (Fsp3) is 0.381. The predicted molar refractivity (Wildman–Crippen MR) is 98.8 cm³/mol. The molecule has 142 valence electrons. The molecule has 0 unspecified atom stereocenters. The molecule has 1 aliphatic carbocycles. The second-order valence-electron chi connectivity index (χ2n) is 7.34. The summed E-state index contributed by atoms with van der Waals surface area (Å²) in [6.07, 6.45) is 0.699. The Labute approximate surface area is 157 Å². The van der Waals surface area contributed by atoms with E-state index in [-0.39, 0.29) is 29.8 Å². The zero-order valence-corrected chi connectivity index (χ0v) is 15.0. The van der Waals surface area contributed by atoms with E-state index in [0.717, 1.165) is 11.1 Å². The quantitative estimate of drug-likeness (QED) is 0.868. The number of carbonyl (C=O) groups excluding carboxylic acids is 1. The van der Waals surface area contributed by atoms with Crippen molar-refractivity contribution in [1.82, 2.24) is 4.90 Å². The van der Waals surface area contributed by atoms with Crippen LogP contribution in [0.1, 0.15) is 30.0 Å². The first-order valence-corrected chi connectivity index (χ1v) is 9.20. The van der Waals surface area contributed by atoms with Gasteiger partial charge in [-0.05, 0) is 48.2 Å². The molecule has 5 nitrogen and oxygen atoms in total. The molecule has 1 saturated heterocycles. The van der Waals surface area contributed by atoms with E-state index < -0.39 is 6.10 Å². The summed E-state index contributed by atoms with van der Waals surface area (Å²) in [5, 5.41) is 10.8. The van der Waals surface area contributed by atoms with Crippen LogP contribution in [-0.2, 0) is 10.2 Å². The number of rotatable bonds is 3. The van der Waals surface area contributed by atoms with Crippen LogP contribution in [0.15, 0.2) is 48.5 Å². The van der Waals surface area contributed by atoms with E-state index in [1.807, 2.05) is 24.3 Å². The third-order valence-electron chi connectivity index (χ3n) is 5.95. The normalized spacial score (nSPS) is 23.3. The molecule has 2 aromatic rings. The number of amides is 1. The third-order valence-corrected chi connectivity index (χ3v) is 5.95. The first-order chi connectivity index (χ1) is 13.0. The maximum Gasteiger partial charge on any atom is 0.260 e. The molecule has 2 aliphatic rings. The molecule has 3 N–H and O–H groups in total. The third kappa shape index (κ3) is 3.09. The second kappa shape index (κ2) is 6.94. The molecule has 1 fully saturated rings. The predicted octanol–water partition coefficient (Wildman–Crippen LogP) is 2.14. The first-order valence-electron chi connectivity index (χ1n) is 9.20. The lowest BCUT2D eigenvalue weighted by Gasteiger charge is -2.42. The van der Waals surface area contributed by atoms with E-state index in [2.05, 4.69) is 0 Å². The minimum atomic E-state index is -0.636. The Morgan fingerprint density at radius 3 is 2.56 bits per heavy atom. The fourth-order valence-corrected chi connectivity index (χ4v) is 4.40. The van der Waals surface area contributed by atoms with Crippen molar-refractivity contribution < 1.29 is 19.0 Å². The summed E-state index contributed by atoms with van der Waals surface area (Å²) in [7, 11) is 0. The highest BCUT2D eigenvalue weighted by Crippen LogP contribution is 2.49. The Morgan fingerprint density at radius 1 is 1.19 bits per heavy atom. The molecule has 0 radical (unpaired) electrons. The number of benzene rings is 2. The van der Waals surface area contributed by atoms with Crippen LogP contribution in [0.2, 0.25) is 0 Å². The van der Waals surface area contributed by atoms with Crippen molar-refractivity contribution in [2.75, 3.05) is 19.7 Å². The van der Waals surface area contributed by atoms with Gasteiger partial charge in [-0.15, -0.1) is 0 Å². The van der Waals surface area contributed by atoms with E-state index in [1.54, 1.807) is 4.90 Å². The summed E-state index contributed by atoms with van der Waals surface area (Å²) in [4.78, 5) is 14.2. The lowest BCUT2D eigenvalue weighted by atomic mass is 9.72. The zero-order valence-electron chi connectivity index (χ0n) is 15.0. The van der Waals surface area contributed by atoms with Crippen LogP contribution in [0.3, 0.4) is 0 Å². The van der Waals surface area contributed by atoms with Gasteiger partial charge in [-0.2, -0.15) is 0 Å².